The molecule has 1 aromatic heterocycles. The highest BCUT2D eigenvalue weighted by atomic mass is 32.2. The lowest BCUT2D eigenvalue weighted by molar-refractivity contribution is -0.120. The second kappa shape index (κ2) is 8.94. The molecule has 3 rings (SSSR count). The zero-order valence-electron chi connectivity index (χ0n) is 14.8. The van der Waals surface area contributed by atoms with Gasteiger partial charge in [-0.15, -0.1) is 11.3 Å². The first kappa shape index (κ1) is 20.0. The van der Waals surface area contributed by atoms with Crippen molar-refractivity contribution in [2.45, 2.75) is 17.4 Å². The molecule has 0 spiro atoms. The zero-order chi connectivity index (χ0) is 19.3. The number of nitrogens with one attached hydrogen (secondary N) is 1. The first-order valence-corrected chi connectivity index (χ1v) is 11.1. The summed E-state index contributed by atoms with van der Waals surface area (Å²) in [5.41, 5.74) is 0.735. The van der Waals surface area contributed by atoms with Crippen LogP contribution >= 0.6 is 11.3 Å². The molecule has 27 heavy (non-hydrogen) atoms. The number of thiophene rings is 1. The van der Waals surface area contributed by atoms with Crippen LogP contribution in [0.4, 0.5) is 0 Å². The summed E-state index contributed by atoms with van der Waals surface area (Å²) in [4.78, 5) is 15.9. The van der Waals surface area contributed by atoms with Crippen molar-refractivity contribution >= 4 is 27.3 Å². The Bertz CT molecular complexity index is 845. The summed E-state index contributed by atoms with van der Waals surface area (Å²) >= 11 is 1.68. The van der Waals surface area contributed by atoms with E-state index in [2.05, 4.69) is 16.3 Å². The van der Waals surface area contributed by atoms with Crippen LogP contribution in [-0.2, 0) is 26.0 Å². The van der Waals surface area contributed by atoms with Gasteiger partial charge in [-0.2, -0.15) is 0 Å². The van der Waals surface area contributed by atoms with Crippen LogP contribution in [0, 0.1) is 0 Å². The summed E-state index contributed by atoms with van der Waals surface area (Å²) in [5.74, 6) is -0.104. The lowest BCUT2D eigenvalue weighted by Gasteiger charge is -2.34. The van der Waals surface area contributed by atoms with E-state index in [1.165, 1.54) is 17.0 Å². The number of benzene rings is 1. The quantitative estimate of drug-likeness (QED) is 0.714. The van der Waals surface area contributed by atoms with Crippen LogP contribution in [0.15, 0.2) is 46.7 Å². The Kier molecular flexibility index (Phi) is 6.61. The first-order chi connectivity index (χ1) is 12.9. The Morgan fingerprint density at radius 1 is 1.22 bits per heavy atom. The van der Waals surface area contributed by atoms with Crippen LogP contribution in [-0.4, -0.2) is 52.1 Å². The highest BCUT2D eigenvalue weighted by molar-refractivity contribution is 7.89. The number of primary sulfonamides is 1. The average molecular weight is 410 g/mol. The average Bonchev–Trinajstić information content (AvgIpc) is 3.17. The summed E-state index contributed by atoms with van der Waals surface area (Å²) in [5, 5.41) is 10.1. The van der Waals surface area contributed by atoms with E-state index in [-0.39, 0.29) is 23.3 Å². The molecule has 1 saturated heterocycles. The fourth-order valence-corrected chi connectivity index (χ4v) is 4.41. The number of carbonyl (C=O) groups is 1. The Morgan fingerprint density at radius 2 is 1.93 bits per heavy atom. The molecule has 7 nitrogen and oxygen atoms in total. The van der Waals surface area contributed by atoms with Gasteiger partial charge in [-0.3, -0.25) is 9.69 Å². The van der Waals surface area contributed by atoms with E-state index >= 15 is 0 Å². The molecule has 1 aromatic carbocycles. The number of sulfonamides is 1. The van der Waals surface area contributed by atoms with Gasteiger partial charge in [0.15, 0.2) is 0 Å². The Morgan fingerprint density at radius 3 is 2.52 bits per heavy atom. The molecule has 2 heterocycles. The van der Waals surface area contributed by atoms with E-state index < -0.39 is 10.0 Å². The Hall–Kier alpha value is -1.78. The molecule has 1 aliphatic heterocycles. The van der Waals surface area contributed by atoms with Gasteiger partial charge in [0.1, 0.15) is 0 Å². The van der Waals surface area contributed by atoms with Crippen molar-refractivity contribution in [3.05, 3.63) is 52.2 Å². The van der Waals surface area contributed by atoms with Gasteiger partial charge >= 0.3 is 0 Å². The van der Waals surface area contributed by atoms with Crippen molar-refractivity contribution in [2.75, 3.05) is 32.8 Å². The number of hydrogen-bond acceptors (Lipinski definition) is 6. The molecule has 0 bridgehead atoms. The molecule has 2 aromatic rings. The summed E-state index contributed by atoms with van der Waals surface area (Å²) in [6.07, 6.45) is 0.186. The molecule has 1 atom stereocenters. The second-order valence-electron chi connectivity index (χ2n) is 6.35. The van der Waals surface area contributed by atoms with Crippen molar-refractivity contribution in [3.8, 4) is 0 Å². The number of carbonyl (C=O) groups excluding carboxylic acids is 1. The van der Waals surface area contributed by atoms with Gasteiger partial charge in [0.05, 0.1) is 30.6 Å². The zero-order valence-corrected chi connectivity index (χ0v) is 16.5. The molecule has 1 amide bonds. The standard InChI is InChI=1S/C18H23N3O4S2/c19-27(23,24)15-5-3-14(4-6-15)12-18(22)20-13-16(17-2-1-11-26-17)21-7-9-25-10-8-21/h1-6,11,16H,7-10,12-13H2,(H,20,22)(H2,19,23,24). The molecule has 9 heteroatoms. The topological polar surface area (TPSA) is 102 Å². The first-order valence-electron chi connectivity index (χ1n) is 8.67. The van der Waals surface area contributed by atoms with Gasteiger partial charge < -0.3 is 10.1 Å². The van der Waals surface area contributed by atoms with Crippen LogP contribution in [0.3, 0.4) is 0 Å². The minimum atomic E-state index is -3.72. The number of rotatable bonds is 7. The molecule has 1 aliphatic rings. The third kappa shape index (κ3) is 5.60. The van der Waals surface area contributed by atoms with Crippen LogP contribution in [0.2, 0.25) is 0 Å². The molecular formula is C18H23N3O4S2. The fraction of sp³-hybridized carbons (Fsp3) is 0.389. The summed E-state index contributed by atoms with van der Waals surface area (Å²) < 4.78 is 28.0. The van der Waals surface area contributed by atoms with Crippen molar-refractivity contribution in [1.29, 1.82) is 0 Å². The summed E-state index contributed by atoms with van der Waals surface area (Å²) in [6, 6.07) is 10.3. The molecular weight excluding hydrogens is 386 g/mol. The molecule has 1 unspecified atom stereocenters. The SMILES string of the molecule is NS(=O)(=O)c1ccc(CC(=O)NCC(c2cccs2)N2CCOCC2)cc1. The predicted octanol–water partition coefficient (Wildman–Crippen LogP) is 1.13. The third-order valence-corrected chi connectivity index (χ3v) is 6.37. The normalized spacial score (nSPS) is 16.8. The number of hydrogen-bond donors (Lipinski definition) is 2. The molecule has 0 radical (unpaired) electrons. The Balaban J connectivity index is 1.59. The highest BCUT2D eigenvalue weighted by Gasteiger charge is 2.24. The van der Waals surface area contributed by atoms with E-state index in [9.17, 15) is 13.2 Å². The summed E-state index contributed by atoms with van der Waals surface area (Å²) in [7, 11) is -3.72. The van der Waals surface area contributed by atoms with E-state index in [1.54, 1.807) is 23.5 Å². The number of ether oxygens (including phenoxy) is 1. The van der Waals surface area contributed by atoms with Crippen molar-refractivity contribution in [2.24, 2.45) is 5.14 Å². The monoisotopic (exact) mass is 409 g/mol. The number of nitrogens with zero attached hydrogens (tertiary/aromatic N) is 1. The van der Waals surface area contributed by atoms with Gasteiger partial charge in [-0.1, -0.05) is 18.2 Å². The highest BCUT2D eigenvalue weighted by Crippen LogP contribution is 2.25. The van der Waals surface area contributed by atoms with E-state index in [0.717, 1.165) is 18.7 Å². The van der Waals surface area contributed by atoms with Crippen LogP contribution in [0.1, 0.15) is 16.5 Å². The van der Waals surface area contributed by atoms with E-state index in [4.69, 9.17) is 9.88 Å². The maximum Gasteiger partial charge on any atom is 0.238 e. The number of nitrogens with two attached hydrogens (primary N) is 1. The number of morpholine rings is 1. The lowest BCUT2D eigenvalue weighted by atomic mass is 10.1. The maximum absolute atomic E-state index is 12.4. The molecule has 3 N–H and O–H groups in total. The minimum absolute atomic E-state index is 0.0386. The fourth-order valence-electron chi connectivity index (χ4n) is 3.04. The molecule has 1 fully saturated rings. The maximum atomic E-state index is 12.4. The Labute approximate surface area is 163 Å². The van der Waals surface area contributed by atoms with Crippen LogP contribution in [0.25, 0.3) is 0 Å². The largest absolute Gasteiger partial charge is 0.379 e. The predicted molar refractivity (Wildman–Crippen MR) is 104 cm³/mol. The van der Waals surface area contributed by atoms with Gasteiger partial charge in [-0.25, -0.2) is 13.6 Å². The molecule has 0 aliphatic carbocycles. The van der Waals surface area contributed by atoms with Gasteiger partial charge in [0.2, 0.25) is 15.9 Å². The lowest BCUT2D eigenvalue weighted by Crippen LogP contribution is -2.43. The van der Waals surface area contributed by atoms with Crippen LogP contribution in [0.5, 0.6) is 0 Å². The number of amides is 1. The molecule has 0 saturated carbocycles. The van der Waals surface area contributed by atoms with Gasteiger partial charge in [-0.05, 0) is 29.1 Å². The second-order valence-corrected chi connectivity index (χ2v) is 8.89. The van der Waals surface area contributed by atoms with Crippen LogP contribution < -0.4 is 10.5 Å². The van der Waals surface area contributed by atoms with Gasteiger partial charge in [0, 0.05) is 24.5 Å². The van der Waals surface area contributed by atoms with E-state index in [1.807, 2.05) is 11.4 Å². The third-order valence-electron chi connectivity index (χ3n) is 4.47. The smallest absolute Gasteiger partial charge is 0.238 e. The molecule has 146 valence electrons. The van der Waals surface area contributed by atoms with Gasteiger partial charge in [0.25, 0.3) is 0 Å². The van der Waals surface area contributed by atoms with Crippen molar-refractivity contribution in [1.82, 2.24) is 10.2 Å². The van der Waals surface area contributed by atoms with Crippen molar-refractivity contribution in [3.63, 3.8) is 0 Å². The minimum Gasteiger partial charge on any atom is -0.379 e. The summed E-state index contributed by atoms with van der Waals surface area (Å²) in [6.45, 7) is 3.61. The van der Waals surface area contributed by atoms with Crippen molar-refractivity contribution < 1.29 is 17.9 Å². The van der Waals surface area contributed by atoms with E-state index in [0.29, 0.717) is 19.8 Å².